The molecule has 4 nitrogen and oxygen atoms in total. The predicted molar refractivity (Wildman–Crippen MR) is 117 cm³/mol. The second kappa shape index (κ2) is 14.3. The fourth-order valence-corrected chi connectivity index (χ4v) is 2.35. The number of benzene rings is 1. The Hall–Kier alpha value is 0.0700. The van der Waals surface area contributed by atoms with Crippen LogP contribution >= 0.6 is 45.2 Å². The SMILES string of the molecule is CC(CCN(C)C)OC(=O)C1OCCc2ccccc21.CI.CI. The van der Waals surface area contributed by atoms with Crippen molar-refractivity contribution in [3.8, 4) is 0 Å². The van der Waals surface area contributed by atoms with Gasteiger partial charge in [-0.2, -0.15) is 0 Å². The first kappa shape index (κ1) is 24.1. The van der Waals surface area contributed by atoms with Gasteiger partial charge in [0, 0.05) is 6.54 Å². The van der Waals surface area contributed by atoms with Gasteiger partial charge in [-0.15, -0.1) is 0 Å². The van der Waals surface area contributed by atoms with Gasteiger partial charge in [-0.05, 0) is 54.8 Å². The lowest BCUT2D eigenvalue weighted by atomic mass is 9.98. The van der Waals surface area contributed by atoms with E-state index in [1.54, 1.807) is 0 Å². The minimum atomic E-state index is -0.568. The molecule has 0 N–H and O–H groups in total. The number of rotatable bonds is 5. The molecule has 1 aliphatic heterocycles. The van der Waals surface area contributed by atoms with E-state index in [9.17, 15) is 4.79 Å². The largest absolute Gasteiger partial charge is 0.460 e. The summed E-state index contributed by atoms with van der Waals surface area (Å²) in [5.74, 6) is -0.275. The van der Waals surface area contributed by atoms with Crippen molar-refractivity contribution in [2.45, 2.75) is 32.0 Å². The van der Waals surface area contributed by atoms with Gasteiger partial charge in [0.1, 0.15) is 6.10 Å². The van der Waals surface area contributed by atoms with Crippen LogP contribution < -0.4 is 0 Å². The first-order valence-electron chi connectivity index (χ1n) is 7.88. The smallest absolute Gasteiger partial charge is 0.340 e. The molecule has 1 aliphatic rings. The Morgan fingerprint density at radius 1 is 1.29 bits per heavy atom. The van der Waals surface area contributed by atoms with Crippen LogP contribution in [0, 0.1) is 0 Å². The first-order valence-corrected chi connectivity index (χ1v) is 12.2. The number of ether oxygens (including phenoxy) is 2. The predicted octanol–water partition coefficient (Wildman–Crippen LogP) is 4.29. The molecule has 1 aromatic carbocycles. The molecule has 0 aromatic heterocycles. The molecular formula is C18H29I2NO3. The molecule has 2 rings (SSSR count). The second-order valence-corrected chi connectivity index (χ2v) is 5.54. The Balaban J connectivity index is 0.00000123. The quantitative estimate of drug-likeness (QED) is 0.306. The van der Waals surface area contributed by atoms with Gasteiger partial charge < -0.3 is 14.4 Å². The molecule has 2 unspecified atom stereocenters. The normalized spacial score (nSPS) is 16.8. The molecule has 1 heterocycles. The molecule has 0 saturated heterocycles. The van der Waals surface area contributed by atoms with Gasteiger partial charge >= 0.3 is 5.97 Å². The molecule has 1 aromatic rings. The summed E-state index contributed by atoms with van der Waals surface area (Å²) in [5, 5.41) is 0. The zero-order valence-corrected chi connectivity index (χ0v) is 19.5. The number of hydrogen-bond donors (Lipinski definition) is 0. The molecule has 0 bridgehead atoms. The molecule has 0 radical (unpaired) electrons. The van der Waals surface area contributed by atoms with Crippen molar-refractivity contribution < 1.29 is 14.3 Å². The van der Waals surface area contributed by atoms with Gasteiger partial charge in [0.2, 0.25) is 0 Å². The summed E-state index contributed by atoms with van der Waals surface area (Å²) in [5.41, 5.74) is 2.13. The monoisotopic (exact) mass is 561 g/mol. The molecule has 24 heavy (non-hydrogen) atoms. The highest BCUT2D eigenvalue weighted by Gasteiger charge is 2.29. The highest BCUT2D eigenvalue weighted by molar-refractivity contribution is 14.1. The maximum absolute atomic E-state index is 12.3. The van der Waals surface area contributed by atoms with Crippen LogP contribution in [-0.2, 0) is 20.7 Å². The molecule has 0 amide bonds. The molecule has 2 atom stereocenters. The summed E-state index contributed by atoms with van der Waals surface area (Å²) in [6.07, 6.45) is 1.02. The molecule has 138 valence electrons. The average molecular weight is 561 g/mol. The van der Waals surface area contributed by atoms with E-state index in [1.807, 2.05) is 55.1 Å². The fourth-order valence-electron chi connectivity index (χ4n) is 2.35. The molecule has 6 heteroatoms. The van der Waals surface area contributed by atoms with Gasteiger partial charge in [0.25, 0.3) is 0 Å². The number of esters is 1. The Kier molecular flexibility index (Phi) is 14.3. The van der Waals surface area contributed by atoms with E-state index in [-0.39, 0.29) is 12.1 Å². The average Bonchev–Trinajstić information content (AvgIpc) is 2.63. The van der Waals surface area contributed by atoms with Crippen molar-refractivity contribution >= 4 is 51.2 Å². The Morgan fingerprint density at radius 2 is 1.92 bits per heavy atom. The van der Waals surface area contributed by atoms with E-state index in [0.29, 0.717) is 6.61 Å². The van der Waals surface area contributed by atoms with Crippen molar-refractivity contribution in [3.63, 3.8) is 0 Å². The van der Waals surface area contributed by atoms with Crippen molar-refractivity contribution in [1.82, 2.24) is 4.90 Å². The van der Waals surface area contributed by atoms with Gasteiger partial charge in [0.15, 0.2) is 6.10 Å². The summed E-state index contributed by atoms with van der Waals surface area (Å²) in [4.78, 5) is 18.3. The van der Waals surface area contributed by atoms with Crippen LogP contribution in [0.1, 0.15) is 30.6 Å². The highest BCUT2D eigenvalue weighted by Crippen LogP contribution is 2.28. The van der Waals surface area contributed by atoms with Crippen molar-refractivity contribution in [2.24, 2.45) is 0 Å². The maximum atomic E-state index is 12.3. The van der Waals surface area contributed by atoms with Crippen LogP contribution in [0.25, 0.3) is 0 Å². The summed E-state index contributed by atoms with van der Waals surface area (Å²) < 4.78 is 11.1. The number of nitrogens with zero attached hydrogens (tertiary/aromatic N) is 1. The Bertz CT molecular complexity index is 469. The summed E-state index contributed by atoms with van der Waals surface area (Å²) in [6, 6.07) is 7.92. The van der Waals surface area contributed by atoms with Gasteiger partial charge in [-0.25, -0.2) is 4.79 Å². The van der Waals surface area contributed by atoms with Crippen molar-refractivity contribution in [2.75, 3.05) is 37.1 Å². The number of alkyl halides is 2. The first-order chi connectivity index (χ1) is 11.6. The molecule has 0 saturated carbocycles. The lowest BCUT2D eigenvalue weighted by Crippen LogP contribution is -2.29. The summed E-state index contributed by atoms with van der Waals surface area (Å²) in [7, 11) is 4.02. The van der Waals surface area contributed by atoms with E-state index in [1.165, 1.54) is 5.56 Å². The van der Waals surface area contributed by atoms with E-state index < -0.39 is 6.10 Å². The molecule has 0 aliphatic carbocycles. The lowest BCUT2D eigenvalue weighted by molar-refractivity contribution is -0.163. The maximum Gasteiger partial charge on any atom is 0.340 e. The standard InChI is InChI=1S/C16H23NO3.2CH3I/c1-12(8-10-17(2)3)20-16(18)15-14-7-5-4-6-13(14)9-11-19-15;2*1-2/h4-7,12,15H,8-11H2,1-3H3;2*1H3. The lowest BCUT2D eigenvalue weighted by Gasteiger charge is -2.26. The highest BCUT2D eigenvalue weighted by atomic mass is 127. The van der Waals surface area contributed by atoms with Crippen LogP contribution in [0.3, 0.4) is 0 Å². The van der Waals surface area contributed by atoms with Crippen LogP contribution in [0.5, 0.6) is 0 Å². The third-order valence-electron chi connectivity index (χ3n) is 3.51. The van der Waals surface area contributed by atoms with Crippen molar-refractivity contribution in [1.29, 1.82) is 0 Å². The minimum absolute atomic E-state index is 0.0948. The van der Waals surface area contributed by atoms with Crippen molar-refractivity contribution in [3.05, 3.63) is 35.4 Å². The van der Waals surface area contributed by atoms with Crippen LogP contribution in [0.4, 0.5) is 0 Å². The topological polar surface area (TPSA) is 38.8 Å². The third-order valence-corrected chi connectivity index (χ3v) is 3.51. The Labute approximate surface area is 173 Å². The number of carbonyl (C=O) groups excluding carboxylic acids is 1. The van der Waals surface area contributed by atoms with Crippen LogP contribution in [-0.4, -0.2) is 54.1 Å². The summed E-state index contributed by atoms with van der Waals surface area (Å²) >= 11 is 4.30. The fraction of sp³-hybridized carbons (Fsp3) is 0.611. The Morgan fingerprint density at radius 3 is 2.54 bits per heavy atom. The van der Waals surface area contributed by atoms with Gasteiger partial charge in [0.05, 0.1) is 6.61 Å². The van der Waals surface area contributed by atoms with Gasteiger partial charge in [-0.1, -0.05) is 69.4 Å². The molecule has 0 spiro atoms. The van der Waals surface area contributed by atoms with Crippen LogP contribution in [0.15, 0.2) is 24.3 Å². The number of carbonyl (C=O) groups is 1. The zero-order valence-electron chi connectivity index (χ0n) is 15.2. The van der Waals surface area contributed by atoms with E-state index in [4.69, 9.17) is 9.47 Å². The summed E-state index contributed by atoms with van der Waals surface area (Å²) in [6.45, 7) is 3.40. The zero-order chi connectivity index (χ0) is 18.5. The van der Waals surface area contributed by atoms with Gasteiger partial charge in [-0.3, -0.25) is 0 Å². The molecule has 0 fully saturated rings. The van der Waals surface area contributed by atoms with E-state index in [0.717, 1.165) is 24.9 Å². The number of halogens is 2. The third kappa shape index (κ3) is 8.44. The second-order valence-electron chi connectivity index (χ2n) is 5.54. The molecular weight excluding hydrogens is 532 g/mol. The number of hydrogen-bond acceptors (Lipinski definition) is 4. The van der Waals surface area contributed by atoms with Crippen LogP contribution in [0.2, 0.25) is 0 Å². The number of fused-ring (bicyclic) bond motifs is 1. The van der Waals surface area contributed by atoms with E-state index in [2.05, 4.69) is 50.1 Å². The van der Waals surface area contributed by atoms with E-state index >= 15 is 0 Å². The minimum Gasteiger partial charge on any atom is -0.460 e.